The number of hydrogen-bond donors (Lipinski definition) is 0. The molecule has 1 atom stereocenters. The van der Waals surface area contributed by atoms with Gasteiger partial charge in [-0.3, -0.25) is 4.79 Å². The summed E-state index contributed by atoms with van der Waals surface area (Å²) in [6.07, 6.45) is 2.49. The minimum Gasteiger partial charge on any atom is -0.440 e. The number of amides is 2. The van der Waals surface area contributed by atoms with Crippen LogP contribution in [0.5, 0.6) is 0 Å². The van der Waals surface area contributed by atoms with E-state index >= 15 is 0 Å². The third-order valence-corrected chi connectivity index (χ3v) is 4.03. The van der Waals surface area contributed by atoms with Crippen LogP contribution in [0.3, 0.4) is 0 Å². The van der Waals surface area contributed by atoms with Gasteiger partial charge >= 0.3 is 6.09 Å². The standard InChI is InChI=1S/C20H19NO3/c1-20(2)18(16-11-7-4-8-12-16)21(19(23)24-20)17(22)14-13-15-9-5-3-6-10-15/h3-14,18H,1-2H3/t18-/m1/s1. The first-order chi connectivity index (χ1) is 11.5. The molecule has 1 fully saturated rings. The normalized spacial score (nSPS) is 19.5. The molecule has 2 amide bonds. The molecule has 122 valence electrons. The van der Waals surface area contributed by atoms with Crippen molar-refractivity contribution in [1.82, 2.24) is 4.90 Å². The Kier molecular flexibility index (Phi) is 4.21. The second-order valence-corrected chi connectivity index (χ2v) is 6.24. The lowest BCUT2D eigenvalue weighted by molar-refractivity contribution is -0.124. The van der Waals surface area contributed by atoms with E-state index in [0.717, 1.165) is 11.1 Å². The molecule has 0 aromatic heterocycles. The van der Waals surface area contributed by atoms with Crippen molar-refractivity contribution >= 4 is 18.1 Å². The number of carbonyl (C=O) groups excluding carboxylic acids is 2. The van der Waals surface area contributed by atoms with E-state index in [2.05, 4.69) is 0 Å². The molecule has 0 unspecified atom stereocenters. The van der Waals surface area contributed by atoms with E-state index in [-0.39, 0.29) is 5.91 Å². The van der Waals surface area contributed by atoms with E-state index in [1.165, 1.54) is 11.0 Å². The van der Waals surface area contributed by atoms with Crippen LogP contribution in [0.2, 0.25) is 0 Å². The Balaban J connectivity index is 1.91. The molecule has 2 aromatic carbocycles. The van der Waals surface area contributed by atoms with Gasteiger partial charge < -0.3 is 4.74 Å². The average molecular weight is 321 g/mol. The molecule has 0 saturated carbocycles. The molecule has 0 radical (unpaired) electrons. The monoisotopic (exact) mass is 321 g/mol. The molecule has 1 aliphatic heterocycles. The van der Waals surface area contributed by atoms with Gasteiger partial charge in [0.1, 0.15) is 11.6 Å². The van der Waals surface area contributed by atoms with Gasteiger partial charge in [-0.25, -0.2) is 9.69 Å². The quantitative estimate of drug-likeness (QED) is 0.796. The van der Waals surface area contributed by atoms with Gasteiger partial charge in [0, 0.05) is 6.08 Å². The zero-order valence-corrected chi connectivity index (χ0v) is 13.7. The van der Waals surface area contributed by atoms with Crippen molar-refractivity contribution in [2.75, 3.05) is 0 Å². The summed E-state index contributed by atoms with van der Waals surface area (Å²) < 4.78 is 5.43. The van der Waals surface area contributed by atoms with Crippen LogP contribution in [-0.4, -0.2) is 22.5 Å². The lowest BCUT2D eigenvalue weighted by Crippen LogP contribution is -2.37. The number of benzene rings is 2. The van der Waals surface area contributed by atoms with Gasteiger partial charge in [-0.1, -0.05) is 60.7 Å². The highest BCUT2D eigenvalue weighted by Crippen LogP contribution is 2.41. The van der Waals surface area contributed by atoms with Gasteiger partial charge in [-0.2, -0.15) is 0 Å². The van der Waals surface area contributed by atoms with Gasteiger partial charge in [0.25, 0.3) is 5.91 Å². The van der Waals surface area contributed by atoms with Crippen LogP contribution < -0.4 is 0 Å². The van der Waals surface area contributed by atoms with Crippen molar-refractivity contribution in [3.05, 3.63) is 77.9 Å². The summed E-state index contributed by atoms with van der Waals surface area (Å²) in [5.74, 6) is -0.386. The van der Waals surface area contributed by atoms with E-state index in [1.54, 1.807) is 6.08 Å². The highest BCUT2D eigenvalue weighted by Gasteiger charge is 2.50. The van der Waals surface area contributed by atoms with Gasteiger partial charge in [0.2, 0.25) is 0 Å². The average Bonchev–Trinajstić information content (AvgIpc) is 2.83. The van der Waals surface area contributed by atoms with Crippen molar-refractivity contribution in [1.29, 1.82) is 0 Å². The zero-order valence-electron chi connectivity index (χ0n) is 13.7. The summed E-state index contributed by atoms with van der Waals surface area (Å²) >= 11 is 0. The van der Waals surface area contributed by atoms with E-state index in [0.29, 0.717) is 0 Å². The lowest BCUT2D eigenvalue weighted by Gasteiger charge is -2.27. The number of carbonyl (C=O) groups is 2. The molecule has 3 rings (SSSR count). The molecule has 0 spiro atoms. The molecule has 1 saturated heterocycles. The maximum atomic E-state index is 12.6. The number of hydrogen-bond acceptors (Lipinski definition) is 3. The van der Waals surface area contributed by atoms with Crippen LogP contribution >= 0.6 is 0 Å². The Bertz CT molecular complexity index is 766. The number of rotatable bonds is 3. The molecule has 0 bridgehead atoms. The minimum atomic E-state index is -0.783. The molecule has 0 N–H and O–H groups in total. The molecule has 0 aliphatic carbocycles. The van der Waals surface area contributed by atoms with E-state index in [9.17, 15) is 9.59 Å². The first-order valence-corrected chi connectivity index (χ1v) is 7.83. The Morgan fingerprint density at radius 2 is 1.62 bits per heavy atom. The fraction of sp³-hybridized carbons (Fsp3) is 0.200. The molecular formula is C20H19NO3. The van der Waals surface area contributed by atoms with Crippen molar-refractivity contribution in [3.63, 3.8) is 0 Å². The predicted octanol–water partition coefficient (Wildman–Crippen LogP) is 4.20. The Morgan fingerprint density at radius 3 is 2.25 bits per heavy atom. The van der Waals surface area contributed by atoms with Gasteiger partial charge in [-0.15, -0.1) is 0 Å². The topological polar surface area (TPSA) is 46.6 Å². The maximum Gasteiger partial charge on any atom is 0.418 e. The summed E-state index contributed by atoms with van der Waals surface area (Å²) in [6, 6.07) is 18.5. The molecule has 1 heterocycles. The Morgan fingerprint density at radius 1 is 1.04 bits per heavy atom. The summed E-state index contributed by atoms with van der Waals surface area (Å²) in [6.45, 7) is 3.63. The van der Waals surface area contributed by atoms with Gasteiger partial charge in [0.05, 0.1) is 0 Å². The van der Waals surface area contributed by atoms with E-state index < -0.39 is 17.7 Å². The van der Waals surface area contributed by atoms with Crippen LogP contribution in [0.25, 0.3) is 6.08 Å². The second kappa shape index (κ2) is 6.32. The van der Waals surface area contributed by atoms with Crippen LogP contribution in [0.4, 0.5) is 4.79 Å². The first-order valence-electron chi connectivity index (χ1n) is 7.83. The van der Waals surface area contributed by atoms with E-state index in [4.69, 9.17) is 4.74 Å². The van der Waals surface area contributed by atoms with Crippen molar-refractivity contribution < 1.29 is 14.3 Å². The second-order valence-electron chi connectivity index (χ2n) is 6.24. The summed E-state index contributed by atoms with van der Waals surface area (Å²) in [5, 5.41) is 0. The first kappa shape index (κ1) is 16.0. The third kappa shape index (κ3) is 3.08. The highest BCUT2D eigenvalue weighted by molar-refractivity contribution is 6.02. The fourth-order valence-corrected chi connectivity index (χ4v) is 2.96. The zero-order chi connectivity index (χ0) is 17.2. The van der Waals surface area contributed by atoms with Crippen LogP contribution in [0.15, 0.2) is 66.7 Å². The molecular weight excluding hydrogens is 302 g/mol. The lowest BCUT2D eigenvalue weighted by atomic mass is 9.91. The largest absolute Gasteiger partial charge is 0.440 e. The Labute approximate surface area is 141 Å². The summed E-state index contributed by atoms with van der Waals surface area (Å²) in [4.78, 5) is 26.1. The van der Waals surface area contributed by atoms with E-state index in [1.807, 2.05) is 74.5 Å². The molecule has 24 heavy (non-hydrogen) atoms. The van der Waals surface area contributed by atoms with Crippen LogP contribution in [0.1, 0.15) is 31.0 Å². The molecule has 4 heteroatoms. The highest BCUT2D eigenvalue weighted by atomic mass is 16.6. The number of imide groups is 1. The molecule has 4 nitrogen and oxygen atoms in total. The van der Waals surface area contributed by atoms with Gasteiger partial charge in [0.15, 0.2) is 0 Å². The Hall–Kier alpha value is -2.88. The van der Waals surface area contributed by atoms with Crippen LogP contribution in [0, 0.1) is 0 Å². The van der Waals surface area contributed by atoms with Crippen LogP contribution in [-0.2, 0) is 9.53 Å². The molecule has 2 aromatic rings. The predicted molar refractivity (Wildman–Crippen MR) is 92.1 cm³/mol. The van der Waals surface area contributed by atoms with Crippen molar-refractivity contribution in [2.24, 2.45) is 0 Å². The van der Waals surface area contributed by atoms with Crippen molar-refractivity contribution in [3.8, 4) is 0 Å². The minimum absolute atomic E-state index is 0.386. The summed E-state index contributed by atoms with van der Waals surface area (Å²) in [7, 11) is 0. The smallest absolute Gasteiger partial charge is 0.418 e. The number of cyclic esters (lactones) is 1. The van der Waals surface area contributed by atoms with Crippen molar-refractivity contribution in [2.45, 2.75) is 25.5 Å². The third-order valence-electron chi connectivity index (χ3n) is 4.03. The molecule has 1 aliphatic rings. The number of nitrogens with zero attached hydrogens (tertiary/aromatic N) is 1. The SMILES string of the molecule is CC1(C)OC(=O)N(C(=O)C=Cc2ccccc2)[C@@H]1c1ccccc1. The van der Waals surface area contributed by atoms with Gasteiger partial charge in [-0.05, 0) is 31.1 Å². The summed E-state index contributed by atoms with van der Waals surface area (Å²) in [5.41, 5.74) is 0.984. The number of ether oxygens (including phenoxy) is 1. The maximum absolute atomic E-state index is 12.6. The fourth-order valence-electron chi connectivity index (χ4n) is 2.96.